The zero-order chi connectivity index (χ0) is 13.1. The average Bonchev–Trinajstić information content (AvgIpc) is 3.07. The lowest BCUT2D eigenvalue weighted by Gasteiger charge is -2.04. The van der Waals surface area contributed by atoms with Crippen molar-refractivity contribution in [2.24, 2.45) is 0 Å². The molecule has 0 amide bonds. The zero-order valence-corrected chi connectivity index (χ0v) is 11.6. The summed E-state index contributed by atoms with van der Waals surface area (Å²) in [6, 6.07) is 13.6. The van der Waals surface area contributed by atoms with Crippen LogP contribution < -0.4 is 4.74 Å². The summed E-state index contributed by atoms with van der Waals surface area (Å²) in [7, 11) is 0. The molecule has 3 rings (SSSR count). The highest BCUT2D eigenvalue weighted by Gasteiger charge is 2.12. The first-order valence-electron chi connectivity index (χ1n) is 5.79. The second kappa shape index (κ2) is 5.32. The highest BCUT2D eigenvalue weighted by atomic mass is 79.9. The van der Waals surface area contributed by atoms with Gasteiger partial charge in [-0.25, -0.2) is 0 Å². The second-order valence-electron chi connectivity index (χ2n) is 3.94. The molecule has 0 N–H and O–H groups in total. The molecule has 0 aliphatic heterocycles. The van der Waals surface area contributed by atoms with E-state index in [2.05, 4.69) is 21.0 Å². The fourth-order valence-electron chi connectivity index (χ4n) is 1.69. The quantitative estimate of drug-likeness (QED) is 0.734. The molecule has 5 heteroatoms. The molecule has 4 nitrogen and oxygen atoms in total. The smallest absolute Gasteiger partial charge is 0.220 e. The Labute approximate surface area is 118 Å². The Kier molecular flexibility index (Phi) is 3.37. The van der Waals surface area contributed by atoms with Gasteiger partial charge in [0.1, 0.15) is 6.61 Å². The van der Waals surface area contributed by atoms with Crippen LogP contribution in [0.5, 0.6) is 5.75 Å². The maximum atomic E-state index is 5.73. The van der Waals surface area contributed by atoms with Gasteiger partial charge >= 0.3 is 0 Å². The molecule has 0 saturated heterocycles. The maximum absolute atomic E-state index is 5.73. The highest BCUT2D eigenvalue weighted by molar-refractivity contribution is 9.10. The molecule has 0 unspecified atom stereocenters. The van der Waals surface area contributed by atoms with Crippen LogP contribution in [0.2, 0.25) is 0 Å². The number of hydrogen-bond acceptors (Lipinski definition) is 3. The van der Waals surface area contributed by atoms with Gasteiger partial charge in [0, 0.05) is 6.07 Å². The van der Waals surface area contributed by atoms with Crippen molar-refractivity contribution < 1.29 is 9.15 Å². The molecular formula is C14H11BrN2O2. The Hall–Kier alpha value is -2.01. The van der Waals surface area contributed by atoms with Gasteiger partial charge in [-0.05, 0) is 27.6 Å². The average molecular weight is 319 g/mol. The van der Waals surface area contributed by atoms with Gasteiger partial charge in [-0.15, -0.1) is 0 Å². The maximum Gasteiger partial charge on any atom is 0.220 e. The van der Waals surface area contributed by atoms with Crippen molar-refractivity contribution in [2.45, 2.75) is 6.61 Å². The van der Waals surface area contributed by atoms with Gasteiger partial charge in [0.15, 0.2) is 10.4 Å². The molecule has 0 radical (unpaired) electrons. The molecule has 0 fully saturated rings. The number of furan rings is 1. The van der Waals surface area contributed by atoms with Crippen LogP contribution >= 0.6 is 15.9 Å². The van der Waals surface area contributed by atoms with Gasteiger partial charge in [0.05, 0.1) is 12.5 Å². The molecule has 0 spiro atoms. The number of rotatable bonds is 4. The van der Waals surface area contributed by atoms with Crippen molar-refractivity contribution in [3.63, 3.8) is 0 Å². The number of aromatic nitrogens is 2. The predicted octanol–water partition coefficient (Wildman–Crippen LogP) is 3.81. The monoisotopic (exact) mass is 318 g/mol. The van der Waals surface area contributed by atoms with Gasteiger partial charge in [-0.2, -0.15) is 9.78 Å². The summed E-state index contributed by atoms with van der Waals surface area (Å²) in [5.41, 5.74) is 1.11. The van der Waals surface area contributed by atoms with E-state index in [0.29, 0.717) is 18.2 Å². The SMILES string of the molecule is Brc1c(OCc2ccccc2)cnn1-c1ccco1. The molecule has 2 aromatic heterocycles. The molecule has 96 valence electrons. The van der Waals surface area contributed by atoms with E-state index in [-0.39, 0.29) is 0 Å². The summed E-state index contributed by atoms with van der Waals surface area (Å²) in [5, 5.41) is 4.22. The Bertz CT molecular complexity index is 647. The standard InChI is InChI=1S/C14H11BrN2O2/c15-14-12(19-10-11-5-2-1-3-6-11)9-16-17(14)13-7-4-8-18-13/h1-9H,10H2. The first-order chi connectivity index (χ1) is 9.34. The van der Waals surface area contributed by atoms with Crippen molar-refractivity contribution in [1.29, 1.82) is 0 Å². The van der Waals surface area contributed by atoms with Crippen molar-refractivity contribution >= 4 is 15.9 Å². The lowest BCUT2D eigenvalue weighted by molar-refractivity contribution is 0.304. The number of ether oxygens (including phenoxy) is 1. The number of hydrogen-bond donors (Lipinski definition) is 0. The van der Waals surface area contributed by atoms with Crippen LogP contribution in [0.3, 0.4) is 0 Å². The van der Waals surface area contributed by atoms with E-state index in [0.717, 1.165) is 10.2 Å². The van der Waals surface area contributed by atoms with Crippen LogP contribution in [0.4, 0.5) is 0 Å². The summed E-state index contributed by atoms with van der Waals surface area (Å²) in [6.07, 6.45) is 3.27. The largest absolute Gasteiger partial charge is 0.484 e. The van der Waals surface area contributed by atoms with Crippen LogP contribution in [0.1, 0.15) is 5.56 Å². The van der Waals surface area contributed by atoms with Gasteiger partial charge in [0.2, 0.25) is 5.88 Å². The zero-order valence-electron chi connectivity index (χ0n) is 9.99. The Morgan fingerprint density at radius 2 is 2.00 bits per heavy atom. The number of nitrogens with zero attached hydrogens (tertiary/aromatic N) is 2. The third kappa shape index (κ3) is 2.56. The number of benzene rings is 1. The van der Waals surface area contributed by atoms with E-state index in [9.17, 15) is 0 Å². The fraction of sp³-hybridized carbons (Fsp3) is 0.0714. The fourth-order valence-corrected chi connectivity index (χ4v) is 2.18. The molecule has 3 aromatic rings. The summed E-state index contributed by atoms with van der Waals surface area (Å²) in [4.78, 5) is 0. The summed E-state index contributed by atoms with van der Waals surface area (Å²) < 4.78 is 13.4. The van der Waals surface area contributed by atoms with Gasteiger partial charge < -0.3 is 9.15 Å². The first kappa shape index (κ1) is 12.0. The Balaban J connectivity index is 1.76. The lowest BCUT2D eigenvalue weighted by atomic mass is 10.2. The Morgan fingerprint density at radius 1 is 1.16 bits per heavy atom. The van der Waals surface area contributed by atoms with Crippen molar-refractivity contribution in [2.75, 3.05) is 0 Å². The van der Waals surface area contributed by atoms with Crippen LogP contribution in [-0.2, 0) is 6.61 Å². The van der Waals surface area contributed by atoms with Crippen molar-refractivity contribution in [3.8, 4) is 11.6 Å². The predicted molar refractivity (Wildman–Crippen MR) is 74.3 cm³/mol. The molecule has 0 aliphatic carbocycles. The normalized spacial score (nSPS) is 10.6. The molecule has 2 heterocycles. The van der Waals surface area contributed by atoms with Gasteiger partial charge in [-0.3, -0.25) is 0 Å². The summed E-state index contributed by atoms with van der Waals surface area (Å²) in [5.74, 6) is 1.32. The van der Waals surface area contributed by atoms with Crippen LogP contribution in [0, 0.1) is 0 Å². The van der Waals surface area contributed by atoms with E-state index >= 15 is 0 Å². The van der Waals surface area contributed by atoms with Crippen LogP contribution in [0.25, 0.3) is 5.88 Å². The molecule has 0 aliphatic rings. The van der Waals surface area contributed by atoms with E-state index in [1.165, 1.54) is 0 Å². The van der Waals surface area contributed by atoms with Crippen molar-refractivity contribution in [3.05, 3.63) is 65.1 Å². The Morgan fingerprint density at radius 3 is 2.74 bits per heavy atom. The molecule has 0 bridgehead atoms. The van der Waals surface area contributed by atoms with E-state index < -0.39 is 0 Å². The molecule has 1 aromatic carbocycles. The lowest BCUT2D eigenvalue weighted by Crippen LogP contribution is -1.96. The first-order valence-corrected chi connectivity index (χ1v) is 6.58. The highest BCUT2D eigenvalue weighted by Crippen LogP contribution is 2.27. The second-order valence-corrected chi connectivity index (χ2v) is 4.69. The molecule has 19 heavy (non-hydrogen) atoms. The van der Waals surface area contributed by atoms with E-state index in [1.54, 1.807) is 17.1 Å². The van der Waals surface area contributed by atoms with E-state index in [1.807, 2.05) is 42.5 Å². The minimum atomic E-state index is 0.503. The minimum absolute atomic E-state index is 0.503. The third-order valence-corrected chi connectivity index (χ3v) is 3.36. The van der Waals surface area contributed by atoms with E-state index in [4.69, 9.17) is 9.15 Å². The van der Waals surface area contributed by atoms with Crippen LogP contribution in [0.15, 0.2) is 63.9 Å². The number of halogens is 1. The van der Waals surface area contributed by atoms with Crippen molar-refractivity contribution in [1.82, 2.24) is 9.78 Å². The van der Waals surface area contributed by atoms with Gasteiger partial charge in [-0.1, -0.05) is 30.3 Å². The topological polar surface area (TPSA) is 40.2 Å². The van der Waals surface area contributed by atoms with Gasteiger partial charge in [0.25, 0.3) is 0 Å². The van der Waals surface area contributed by atoms with Crippen LogP contribution in [-0.4, -0.2) is 9.78 Å². The summed E-state index contributed by atoms with van der Waals surface area (Å²) >= 11 is 3.46. The third-order valence-electron chi connectivity index (χ3n) is 2.63. The molecule has 0 atom stereocenters. The molecule has 0 saturated carbocycles. The molecular weight excluding hydrogens is 308 g/mol. The summed E-state index contributed by atoms with van der Waals surface area (Å²) in [6.45, 7) is 0.503. The minimum Gasteiger partial charge on any atom is -0.484 e.